The zero-order chi connectivity index (χ0) is 21.1. The van der Waals surface area contributed by atoms with Crippen LogP contribution in [-0.4, -0.2) is 29.9 Å². The SMILES string of the molecule is CN1C(=O)C(NC(=S)Nc2cccc(F)c2)N=C(c2ccccc2)c2ccccc21. The molecule has 0 saturated carbocycles. The van der Waals surface area contributed by atoms with Crippen LogP contribution in [0.2, 0.25) is 0 Å². The predicted octanol–water partition coefficient (Wildman–Crippen LogP) is 3.95. The molecule has 0 aromatic heterocycles. The second-order valence-electron chi connectivity index (χ2n) is 6.77. The number of nitrogens with zero attached hydrogens (tertiary/aromatic N) is 2. The average molecular weight is 418 g/mol. The number of halogens is 1. The highest BCUT2D eigenvalue weighted by Gasteiger charge is 2.30. The maximum atomic E-state index is 13.4. The quantitative estimate of drug-likeness (QED) is 0.633. The summed E-state index contributed by atoms with van der Waals surface area (Å²) >= 11 is 5.35. The maximum absolute atomic E-state index is 13.4. The molecule has 4 rings (SSSR count). The Morgan fingerprint density at radius 1 is 1.03 bits per heavy atom. The fourth-order valence-corrected chi connectivity index (χ4v) is 3.53. The Morgan fingerprint density at radius 3 is 2.53 bits per heavy atom. The van der Waals surface area contributed by atoms with Gasteiger partial charge in [0.05, 0.1) is 11.4 Å². The summed E-state index contributed by atoms with van der Waals surface area (Å²) in [5, 5.41) is 6.04. The van der Waals surface area contributed by atoms with Gasteiger partial charge in [-0.25, -0.2) is 9.38 Å². The fraction of sp³-hybridized carbons (Fsp3) is 0.0870. The zero-order valence-electron chi connectivity index (χ0n) is 16.2. The number of aliphatic imine (C=N–C) groups is 1. The Balaban J connectivity index is 1.69. The maximum Gasteiger partial charge on any atom is 0.272 e. The van der Waals surface area contributed by atoms with Crippen molar-refractivity contribution in [1.29, 1.82) is 0 Å². The monoisotopic (exact) mass is 418 g/mol. The summed E-state index contributed by atoms with van der Waals surface area (Å²) in [6.45, 7) is 0. The molecule has 0 radical (unpaired) electrons. The second kappa shape index (κ2) is 8.42. The van der Waals surface area contributed by atoms with E-state index in [1.807, 2.05) is 54.6 Å². The van der Waals surface area contributed by atoms with Crippen molar-refractivity contribution in [2.24, 2.45) is 4.99 Å². The fourth-order valence-electron chi connectivity index (χ4n) is 3.30. The summed E-state index contributed by atoms with van der Waals surface area (Å²) in [4.78, 5) is 19.4. The molecule has 0 saturated heterocycles. The third kappa shape index (κ3) is 4.06. The van der Waals surface area contributed by atoms with Crippen LogP contribution >= 0.6 is 12.2 Å². The van der Waals surface area contributed by atoms with Crippen LogP contribution in [0.5, 0.6) is 0 Å². The molecule has 3 aromatic carbocycles. The van der Waals surface area contributed by atoms with Crippen LogP contribution in [-0.2, 0) is 4.79 Å². The van der Waals surface area contributed by atoms with E-state index in [9.17, 15) is 9.18 Å². The Kier molecular flexibility index (Phi) is 5.54. The molecule has 0 bridgehead atoms. The predicted molar refractivity (Wildman–Crippen MR) is 121 cm³/mol. The van der Waals surface area contributed by atoms with Gasteiger partial charge in [-0.2, -0.15) is 0 Å². The molecule has 1 aliphatic heterocycles. The zero-order valence-corrected chi connectivity index (χ0v) is 17.0. The van der Waals surface area contributed by atoms with Crippen molar-refractivity contribution in [2.75, 3.05) is 17.3 Å². The van der Waals surface area contributed by atoms with E-state index < -0.39 is 6.17 Å². The van der Waals surface area contributed by atoms with Crippen LogP contribution in [0.15, 0.2) is 83.9 Å². The molecule has 1 unspecified atom stereocenters. The van der Waals surface area contributed by atoms with Gasteiger partial charge in [0.25, 0.3) is 5.91 Å². The van der Waals surface area contributed by atoms with Crippen LogP contribution in [0.4, 0.5) is 15.8 Å². The summed E-state index contributed by atoms with van der Waals surface area (Å²) in [6.07, 6.45) is -0.939. The highest BCUT2D eigenvalue weighted by molar-refractivity contribution is 7.80. The van der Waals surface area contributed by atoms with Gasteiger partial charge in [-0.1, -0.05) is 54.6 Å². The summed E-state index contributed by atoms with van der Waals surface area (Å²) in [5.74, 6) is -0.635. The summed E-state index contributed by atoms with van der Waals surface area (Å²) in [5.41, 5.74) is 3.68. The van der Waals surface area contributed by atoms with E-state index in [-0.39, 0.29) is 16.8 Å². The molecular formula is C23H19FN4OS. The molecule has 1 heterocycles. The number of carbonyl (C=O) groups is 1. The van der Waals surface area contributed by atoms with E-state index in [1.165, 1.54) is 12.1 Å². The molecule has 1 aliphatic rings. The van der Waals surface area contributed by atoms with E-state index in [2.05, 4.69) is 10.6 Å². The molecule has 30 heavy (non-hydrogen) atoms. The molecule has 5 nitrogen and oxygen atoms in total. The second-order valence-corrected chi connectivity index (χ2v) is 7.18. The number of para-hydroxylation sites is 1. The van der Waals surface area contributed by atoms with Crippen molar-refractivity contribution < 1.29 is 9.18 Å². The van der Waals surface area contributed by atoms with Crippen molar-refractivity contribution in [3.63, 3.8) is 0 Å². The standard InChI is InChI=1S/C23H19FN4OS/c1-28-19-13-6-5-12-18(19)20(15-8-3-2-4-9-15)26-21(22(28)29)27-23(30)25-17-11-7-10-16(24)14-17/h2-14,21H,1H3,(H2,25,27,30). The van der Waals surface area contributed by atoms with Gasteiger partial charge >= 0.3 is 0 Å². The van der Waals surface area contributed by atoms with Crippen LogP contribution in [0, 0.1) is 5.82 Å². The normalized spacial score (nSPS) is 15.7. The number of benzodiazepines with no additional fused rings is 1. The van der Waals surface area contributed by atoms with E-state index in [0.29, 0.717) is 11.4 Å². The first-order valence-electron chi connectivity index (χ1n) is 9.36. The number of amides is 1. The third-order valence-corrected chi connectivity index (χ3v) is 4.96. The first-order valence-corrected chi connectivity index (χ1v) is 9.77. The number of anilines is 2. The van der Waals surface area contributed by atoms with Crippen LogP contribution in [0.1, 0.15) is 11.1 Å². The minimum Gasteiger partial charge on any atom is -0.333 e. The largest absolute Gasteiger partial charge is 0.333 e. The molecular weight excluding hydrogens is 399 g/mol. The van der Waals surface area contributed by atoms with Gasteiger partial charge < -0.3 is 15.5 Å². The number of rotatable bonds is 3. The third-order valence-electron chi connectivity index (χ3n) is 4.74. The highest BCUT2D eigenvalue weighted by atomic mass is 32.1. The Labute approximate surface area is 179 Å². The van der Waals surface area contributed by atoms with Gasteiger partial charge in [0.15, 0.2) is 5.11 Å². The average Bonchev–Trinajstić information content (AvgIpc) is 2.85. The van der Waals surface area contributed by atoms with Crippen molar-refractivity contribution >= 4 is 40.3 Å². The number of likely N-dealkylation sites (N-methyl/N-ethyl adjacent to an activating group) is 1. The molecule has 0 fully saturated rings. The first-order chi connectivity index (χ1) is 14.5. The molecule has 3 aromatic rings. The van der Waals surface area contributed by atoms with E-state index in [1.54, 1.807) is 24.1 Å². The number of nitrogens with one attached hydrogen (secondary N) is 2. The van der Waals surface area contributed by atoms with Gasteiger partial charge in [0.2, 0.25) is 6.17 Å². The lowest BCUT2D eigenvalue weighted by molar-refractivity contribution is -0.119. The number of hydrogen-bond acceptors (Lipinski definition) is 3. The number of benzene rings is 3. The Hall–Kier alpha value is -3.58. The molecule has 1 atom stereocenters. The van der Waals surface area contributed by atoms with Gasteiger partial charge in [-0.15, -0.1) is 0 Å². The molecule has 150 valence electrons. The lowest BCUT2D eigenvalue weighted by Gasteiger charge is -2.21. The van der Waals surface area contributed by atoms with Crippen molar-refractivity contribution in [2.45, 2.75) is 6.17 Å². The molecule has 0 aliphatic carbocycles. The van der Waals surface area contributed by atoms with Crippen LogP contribution in [0.3, 0.4) is 0 Å². The van der Waals surface area contributed by atoms with Gasteiger partial charge in [0, 0.05) is 23.9 Å². The van der Waals surface area contributed by atoms with Gasteiger partial charge in [0.1, 0.15) is 5.82 Å². The summed E-state index contributed by atoms with van der Waals surface area (Å²) < 4.78 is 13.4. The Morgan fingerprint density at radius 2 is 1.77 bits per heavy atom. The molecule has 7 heteroatoms. The van der Waals surface area contributed by atoms with Crippen molar-refractivity contribution in [3.8, 4) is 0 Å². The number of carbonyl (C=O) groups excluding carboxylic acids is 1. The number of fused-ring (bicyclic) bond motifs is 1. The van der Waals surface area contributed by atoms with Crippen LogP contribution < -0.4 is 15.5 Å². The van der Waals surface area contributed by atoms with Crippen molar-refractivity contribution in [3.05, 3.63) is 95.8 Å². The summed E-state index contributed by atoms with van der Waals surface area (Å²) in [7, 11) is 1.71. The Bertz CT molecular complexity index is 1130. The molecule has 1 amide bonds. The lowest BCUT2D eigenvalue weighted by Crippen LogP contribution is -2.47. The minimum atomic E-state index is -0.939. The van der Waals surface area contributed by atoms with E-state index >= 15 is 0 Å². The van der Waals surface area contributed by atoms with Crippen molar-refractivity contribution in [1.82, 2.24) is 5.32 Å². The van der Waals surface area contributed by atoms with Gasteiger partial charge in [-0.3, -0.25) is 4.79 Å². The number of thiocarbonyl (C=S) groups is 1. The van der Waals surface area contributed by atoms with Crippen LogP contribution in [0.25, 0.3) is 0 Å². The lowest BCUT2D eigenvalue weighted by atomic mass is 10.0. The van der Waals surface area contributed by atoms with E-state index in [0.717, 1.165) is 16.8 Å². The van der Waals surface area contributed by atoms with Gasteiger partial charge in [-0.05, 0) is 36.5 Å². The molecule has 2 N–H and O–H groups in total. The minimum absolute atomic E-state index is 0.175. The van der Waals surface area contributed by atoms with E-state index in [4.69, 9.17) is 17.2 Å². The summed E-state index contributed by atoms with van der Waals surface area (Å²) in [6, 6.07) is 23.2. The first kappa shape index (κ1) is 19.7. The molecule has 0 spiro atoms. The smallest absolute Gasteiger partial charge is 0.272 e. The number of hydrogen-bond donors (Lipinski definition) is 2. The highest BCUT2D eigenvalue weighted by Crippen LogP contribution is 2.27. The topological polar surface area (TPSA) is 56.7 Å².